The second kappa shape index (κ2) is 5.70. The molecule has 1 saturated heterocycles. The second-order valence-corrected chi connectivity index (χ2v) is 8.76. The van der Waals surface area contributed by atoms with E-state index in [1.807, 2.05) is 40.9 Å². The number of carbonyl (C=O) groups is 1. The highest BCUT2D eigenvalue weighted by atomic mass is 79.9. The fourth-order valence-electron chi connectivity index (χ4n) is 2.44. The van der Waals surface area contributed by atoms with Gasteiger partial charge in [-0.25, -0.2) is 0 Å². The van der Waals surface area contributed by atoms with Gasteiger partial charge in [0.15, 0.2) is 0 Å². The van der Waals surface area contributed by atoms with Crippen molar-refractivity contribution in [3.05, 3.63) is 34.3 Å². The van der Waals surface area contributed by atoms with Crippen molar-refractivity contribution in [1.82, 2.24) is 4.90 Å². The molecular formula is C15H21BrN2OS. The molecule has 2 N–H and O–H groups in total. The van der Waals surface area contributed by atoms with Gasteiger partial charge in [-0.2, -0.15) is 11.8 Å². The predicted octanol–water partition coefficient (Wildman–Crippen LogP) is 2.98. The van der Waals surface area contributed by atoms with Crippen LogP contribution in [0.3, 0.4) is 0 Å². The second-order valence-electron chi connectivity index (χ2n) is 6.04. The van der Waals surface area contributed by atoms with Gasteiger partial charge in [-0.3, -0.25) is 4.79 Å². The van der Waals surface area contributed by atoms with Gasteiger partial charge in [-0.05, 0) is 38.5 Å². The number of thioether (sulfide) groups is 1. The number of rotatable bonds is 2. The predicted molar refractivity (Wildman–Crippen MR) is 88.8 cm³/mol. The Bertz CT molecular complexity index is 499. The zero-order chi connectivity index (χ0) is 15.0. The van der Waals surface area contributed by atoms with E-state index in [0.717, 1.165) is 28.9 Å². The number of carbonyl (C=O) groups excluding carboxylic acids is 1. The molecule has 1 aromatic carbocycles. The van der Waals surface area contributed by atoms with Crippen LogP contribution in [0, 0.1) is 0 Å². The van der Waals surface area contributed by atoms with E-state index >= 15 is 0 Å². The molecule has 2 rings (SSSR count). The number of halogens is 1. The Kier molecular flexibility index (Phi) is 4.52. The highest BCUT2D eigenvalue weighted by molar-refractivity contribution is 9.10. The Hall–Kier alpha value is -0.520. The Morgan fingerprint density at radius 2 is 2.00 bits per heavy atom. The quantitative estimate of drug-likeness (QED) is 0.885. The van der Waals surface area contributed by atoms with E-state index in [1.165, 1.54) is 0 Å². The first-order chi connectivity index (χ1) is 9.22. The zero-order valence-electron chi connectivity index (χ0n) is 12.1. The maximum absolute atomic E-state index is 12.8. The molecule has 0 spiro atoms. The molecule has 0 aliphatic carbocycles. The summed E-state index contributed by atoms with van der Waals surface area (Å²) in [6, 6.07) is 7.66. The third-order valence-electron chi connectivity index (χ3n) is 3.60. The van der Waals surface area contributed by atoms with Crippen LogP contribution in [0.4, 0.5) is 0 Å². The van der Waals surface area contributed by atoms with Crippen LogP contribution in [0.15, 0.2) is 28.7 Å². The minimum absolute atomic E-state index is 0.00759. The summed E-state index contributed by atoms with van der Waals surface area (Å²) < 4.78 is 1.09. The van der Waals surface area contributed by atoms with Crippen molar-refractivity contribution in [2.45, 2.75) is 31.1 Å². The van der Waals surface area contributed by atoms with E-state index in [2.05, 4.69) is 29.8 Å². The molecule has 1 unspecified atom stereocenters. The molecule has 1 aliphatic rings. The molecule has 0 radical (unpaired) electrons. The van der Waals surface area contributed by atoms with E-state index in [4.69, 9.17) is 5.73 Å². The summed E-state index contributed by atoms with van der Waals surface area (Å²) in [6.45, 7) is 7.67. The molecule has 20 heavy (non-hydrogen) atoms. The summed E-state index contributed by atoms with van der Waals surface area (Å²) >= 11 is 5.31. The molecule has 0 aromatic heterocycles. The van der Waals surface area contributed by atoms with Crippen LogP contribution in [0.5, 0.6) is 0 Å². The van der Waals surface area contributed by atoms with E-state index in [1.54, 1.807) is 6.92 Å². The first-order valence-corrected chi connectivity index (χ1v) is 8.48. The zero-order valence-corrected chi connectivity index (χ0v) is 14.6. The van der Waals surface area contributed by atoms with Crippen molar-refractivity contribution in [2.75, 3.05) is 18.8 Å². The van der Waals surface area contributed by atoms with Crippen LogP contribution in [0.25, 0.3) is 0 Å². The largest absolute Gasteiger partial charge is 0.339 e. The molecule has 1 amide bonds. The fourth-order valence-corrected chi connectivity index (χ4v) is 3.81. The lowest BCUT2D eigenvalue weighted by atomic mass is 9.91. The normalized spacial score (nSPS) is 21.4. The first-order valence-electron chi connectivity index (χ1n) is 6.71. The summed E-state index contributed by atoms with van der Waals surface area (Å²) in [5.41, 5.74) is 6.21. The van der Waals surface area contributed by atoms with Crippen LogP contribution in [-0.2, 0) is 10.3 Å². The summed E-state index contributed by atoms with van der Waals surface area (Å²) in [5.74, 6) is 0.975. The summed E-state index contributed by atoms with van der Waals surface area (Å²) in [4.78, 5) is 14.7. The van der Waals surface area contributed by atoms with E-state index in [-0.39, 0.29) is 10.7 Å². The molecule has 1 fully saturated rings. The van der Waals surface area contributed by atoms with Crippen molar-refractivity contribution in [3.8, 4) is 0 Å². The van der Waals surface area contributed by atoms with E-state index in [9.17, 15) is 4.79 Å². The van der Waals surface area contributed by atoms with Gasteiger partial charge in [0.05, 0.1) is 0 Å². The Morgan fingerprint density at radius 3 is 2.55 bits per heavy atom. The topological polar surface area (TPSA) is 46.3 Å². The van der Waals surface area contributed by atoms with E-state index < -0.39 is 5.54 Å². The van der Waals surface area contributed by atoms with Gasteiger partial charge < -0.3 is 10.6 Å². The Labute approximate surface area is 133 Å². The van der Waals surface area contributed by atoms with Gasteiger partial charge in [0, 0.05) is 28.1 Å². The van der Waals surface area contributed by atoms with Crippen molar-refractivity contribution >= 4 is 33.6 Å². The number of nitrogens with two attached hydrogens (primary N) is 1. The molecule has 0 bridgehead atoms. The molecule has 110 valence electrons. The number of hydrogen-bond donors (Lipinski definition) is 1. The molecule has 1 aliphatic heterocycles. The average Bonchev–Trinajstić information content (AvgIpc) is 2.37. The molecule has 1 heterocycles. The lowest BCUT2D eigenvalue weighted by Crippen LogP contribution is -2.56. The molecule has 1 aromatic rings. The van der Waals surface area contributed by atoms with Crippen molar-refractivity contribution in [3.63, 3.8) is 0 Å². The standard InChI is InChI=1S/C15H21BrN2OS/c1-14(2)10-18(8-9-20-14)13(19)15(3,17)11-4-6-12(16)7-5-11/h4-7H,8-10,17H2,1-3H3. The number of benzene rings is 1. The monoisotopic (exact) mass is 356 g/mol. The minimum atomic E-state index is -0.973. The lowest BCUT2D eigenvalue weighted by molar-refractivity contribution is -0.137. The number of nitrogens with zero attached hydrogens (tertiary/aromatic N) is 1. The van der Waals surface area contributed by atoms with Gasteiger partial charge in [-0.1, -0.05) is 28.1 Å². The van der Waals surface area contributed by atoms with Gasteiger partial charge in [0.2, 0.25) is 5.91 Å². The SMILES string of the molecule is CC1(C)CN(C(=O)C(C)(N)c2ccc(Br)cc2)CCS1. The maximum atomic E-state index is 12.8. The van der Waals surface area contributed by atoms with Gasteiger partial charge >= 0.3 is 0 Å². The van der Waals surface area contributed by atoms with Crippen LogP contribution < -0.4 is 5.73 Å². The lowest BCUT2D eigenvalue weighted by Gasteiger charge is -2.41. The molecular weight excluding hydrogens is 336 g/mol. The highest BCUT2D eigenvalue weighted by Crippen LogP contribution is 2.32. The van der Waals surface area contributed by atoms with Gasteiger partial charge in [0.1, 0.15) is 5.54 Å². The third-order valence-corrected chi connectivity index (χ3v) is 5.43. The van der Waals surface area contributed by atoms with Crippen LogP contribution in [0.2, 0.25) is 0 Å². The Balaban J connectivity index is 2.20. The summed E-state index contributed by atoms with van der Waals surface area (Å²) in [7, 11) is 0. The molecule has 5 heteroatoms. The summed E-state index contributed by atoms with van der Waals surface area (Å²) in [5, 5.41) is 0. The van der Waals surface area contributed by atoms with Crippen LogP contribution in [-0.4, -0.2) is 34.4 Å². The van der Waals surface area contributed by atoms with Crippen molar-refractivity contribution in [2.24, 2.45) is 5.73 Å². The number of hydrogen-bond acceptors (Lipinski definition) is 3. The van der Waals surface area contributed by atoms with Crippen LogP contribution in [0.1, 0.15) is 26.3 Å². The van der Waals surface area contributed by atoms with Crippen LogP contribution >= 0.6 is 27.7 Å². The average molecular weight is 357 g/mol. The van der Waals surface area contributed by atoms with Crippen molar-refractivity contribution in [1.29, 1.82) is 0 Å². The van der Waals surface area contributed by atoms with E-state index in [0.29, 0.717) is 0 Å². The smallest absolute Gasteiger partial charge is 0.247 e. The molecule has 0 saturated carbocycles. The van der Waals surface area contributed by atoms with Gasteiger partial charge in [-0.15, -0.1) is 0 Å². The van der Waals surface area contributed by atoms with Crippen molar-refractivity contribution < 1.29 is 4.79 Å². The first kappa shape index (κ1) is 15.9. The molecule has 3 nitrogen and oxygen atoms in total. The molecule has 1 atom stereocenters. The summed E-state index contributed by atoms with van der Waals surface area (Å²) in [6.07, 6.45) is 0. The number of amides is 1. The van der Waals surface area contributed by atoms with Gasteiger partial charge in [0.25, 0.3) is 0 Å². The Morgan fingerprint density at radius 1 is 1.40 bits per heavy atom. The maximum Gasteiger partial charge on any atom is 0.247 e. The minimum Gasteiger partial charge on any atom is -0.339 e. The fraction of sp³-hybridized carbons (Fsp3) is 0.533. The highest BCUT2D eigenvalue weighted by Gasteiger charge is 2.38. The third kappa shape index (κ3) is 3.38.